The Bertz CT molecular complexity index is 617. The average molecular weight is 290 g/mol. The third-order valence-corrected chi connectivity index (χ3v) is 4.85. The second-order valence-electron chi connectivity index (χ2n) is 4.92. The van der Waals surface area contributed by atoms with Gasteiger partial charge in [-0.25, -0.2) is 4.79 Å². The van der Waals surface area contributed by atoms with Gasteiger partial charge in [0.1, 0.15) is 4.88 Å². The molecule has 106 valence electrons. The van der Waals surface area contributed by atoms with Crippen molar-refractivity contribution in [3.05, 3.63) is 34.7 Å². The first-order chi connectivity index (χ1) is 9.79. The molecule has 1 aromatic carbocycles. The number of ether oxygens (including phenoxy) is 1. The van der Waals surface area contributed by atoms with E-state index in [1.165, 1.54) is 23.8 Å². The van der Waals surface area contributed by atoms with Crippen LogP contribution < -0.4 is 5.32 Å². The normalized spacial score (nSPS) is 16.4. The van der Waals surface area contributed by atoms with Gasteiger partial charge < -0.3 is 10.1 Å². The first-order valence-electron chi connectivity index (χ1n) is 6.81. The molecule has 1 aliphatic rings. The minimum Gasteiger partial charge on any atom is -0.465 e. The van der Waals surface area contributed by atoms with Crippen molar-refractivity contribution in [3.63, 3.8) is 0 Å². The zero-order valence-electron chi connectivity index (χ0n) is 11.5. The lowest BCUT2D eigenvalue weighted by atomic mass is 10.1. The molecule has 20 heavy (non-hydrogen) atoms. The maximum atomic E-state index is 12.0. The largest absolute Gasteiger partial charge is 0.465 e. The van der Waals surface area contributed by atoms with Crippen molar-refractivity contribution in [2.45, 2.75) is 6.54 Å². The van der Waals surface area contributed by atoms with Crippen molar-refractivity contribution in [1.29, 1.82) is 0 Å². The molecule has 2 aromatic rings. The predicted molar refractivity (Wildman–Crippen MR) is 81.3 cm³/mol. The van der Waals surface area contributed by atoms with Crippen LogP contribution in [0.4, 0.5) is 0 Å². The second-order valence-corrected chi connectivity index (χ2v) is 5.98. The number of fused-ring (bicyclic) bond motifs is 1. The van der Waals surface area contributed by atoms with E-state index in [1.54, 1.807) is 0 Å². The van der Waals surface area contributed by atoms with E-state index in [2.05, 4.69) is 22.3 Å². The summed E-state index contributed by atoms with van der Waals surface area (Å²) in [7, 11) is 1.45. The van der Waals surface area contributed by atoms with E-state index in [0.717, 1.165) is 47.9 Å². The molecule has 1 fully saturated rings. The van der Waals surface area contributed by atoms with E-state index < -0.39 is 0 Å². The molecule has 0 saturated carbocycles. The van der Waals surface area contributed by atoms with E-state index in [0.29, 0.717) is 0 Å². The van der Waals surface area contributed by atoms with Crippen LogP contribution in [0.5, 0.6) is 0 Å². The van der Waals surface area contributed by atoms with Crippen LogP contribution in [-0.4, -0.2) is 44.2 Å². The van der Waals surface area contributed by atoms with Crippen LogP contribution in [0.3, 0.4) is 0 Å². The molecule has 5 heteroatoms. The van der Waals surface area contributed by atoms with E-state index in [1.807, 2.05) is 12.1 Å². The zero-order valence-corrected chi connectivity index (χ0v) is 12.3. The number of benzene rings is 1. The molecular formula is C15H18N2O2S. The van der Waals surface area contributed by atoms with E-state index in [9.17, 15) is 4.79 Å². The lowest BCUT2D eigenvalue weighted by Crippen LogP contribution is -2.43. The number of nitrogens with zero attached hydrogens (tertiary/aromatic N) is 1. The number of nitrogens with one attached hydrogen (secondary N) is 1. The summed E-state index contributed by atoms with van der Waals surface area (Å²) in [6.07, 6.45) is 0. The van der Waals surface area contributed by atoms with Gasteiger partial charge in [-0.15, -0.1) is 11.3 Å². The van der Waals surface area contributed by atoms with Gasteiger partial charge in [-0.3, -0.25) is 4.90 Å². The summed E-state index contributed by atoms with van der Waals surface area (Å²) in [5, 5.41) is 4.53. The Balaban J connectivity index is 1.99. The first kappa shape index (κ1) is 13.5. The molecule has 0 atom stereocenters. The standard InChI is InChI=1S/C15H18N2O2S/c1-19-15(18)14-12(10-17-8-6-16-7-9-17)11-4-2-3-5-13(11)20-14/h2-5,16H,6-10H2,1H3. The lowest BCUT2D eigenvalue weighted by Gasteiger charge is -2.27. The molecule has 1 aromatic heterocycles. The summed E-state index contributed by atoms with van der Waals surface area (Å²) < 4.78 is 6.09. The van der Waals surface area contributed by atoms with Gasteiger partial charge in [-0.1, -0.05) is 18.2 Å². The highest BCUT2D eigenvalue weighted by atomic mass is 32.1. The van der Waals surface area contributed by atoms with Crippen LogP contribution in [0.1, 0.15) is 15.2 Å². The maximum Gasteiger partial charge on any atom is 0.348 e. The quantitative estimate of drug-likeness (QED) is 0.879. The van der Waals surface area contributed by atoms with Gasteiger partial charge in [0, 0.05) is 37.4 Å². The minimum absolute atomic E-state index is 0.226. The Morgan fingerprint density at radius 3 is 2.85 bits per heavy atom. The summed E-state index contributed by atoms with van der Waals surface area (Å²) >= 11 is 1.53. The number of carbonyl (C=O) groups is 1. The Labute approximate surface area is 122 Å². The molecular weight excluding hydrogens is 272 g/mol. The molecule has 0 spiro atoms. The van der Waals surface area contributed by atoms with Crippen LogP contribution in [0.25, 0.3) is 10.1 Å². The zero-order chi connectivity index (χ0) is 13.9. The monoisotopic (exact) mass is 290 g/mol. The van der Waals surface area contributed by atoms with E-state index >= 15 is 0 Å². The Morgan fingerprint density at radius 1 is 1.35 bits per heavy atom. The number of rotatable bonds is 3. The second kappa shape index (κ2) is 5.91. The minimum atomic E-state index is -0.226. The summed E-state index contributed by atoms with van der Waals surface area (Å²) in [6.45, 7) is 4.87. The van der Waals surface area contributed by atoms with Gasteiger partial charge in [-0.2, -0.15) is 0 Å². The summed E-state index contributed by atoms with van der Waals surface area (Å²) in [4.78, 5) is 15.1. The Hall–Kier alpha value is -1.43. The molecule has 1 saturated heterocycles. The van der Waals surface area contributed by atoms with Crippen LogP contribution >= 0.6 is 11.3 Å². The van der Waals surface area contributed by atoms with Crippen LogP contribution in [0.2, 0.25) is 0 Å². The Morgan fingerprint density at radius 2 is 2.10 bits per heavy atom. The fourth-order valence-corrected chi connectivity index (χ4v) is 3.74. The number of hydrogen-bond acceptors (Lipinski definition) is 5. The first-order valence-corrected chi connectivity index (χ1v) is 7.63. The van der Waals surface area contributed by atoms with Crippen molar-refractivity contribution in [3.8, 4) is 0 Å². The molecule has 4 nitrogen and oxygen atoms in total. The molecule has 0 aliphatic carbocycles. The van der Waals surface area contributed by atoms with Crippen LogP contribution in [-0.2, 0) is 11.3 Å². The molecule has 1 N–H and O–H groups in total. The fraction of sp³-hybridized carbons (Fsp3) is 0.400. The van der Waals surface area contributed by atoms with Crippen LogP contribution in [0.15, 0.2) is 24.3 Å². The van der Waals surface area contributed by atoms with Crippen LogP contribution in [0, 0.1) is 0 Å². The molecule has 0 bridgehead atoms. The van der Waals surface area contributed by atoms with Gasteiger partial charge in [0.2, 0.25) is 0 Å². The summed E-state index contributed by atoms with van der Waals surface area (Å²) in [6, 6.07) is 8.19. The average Bonchev–Trinajstić information content (AvgIpc) is 2.86. The van der Waals surface area contributed by atoms with Gasteiger partial charge in [0.15, 0.2) is 0 Å². The third kappa shape index (κ3) is 2.57. The van der Waals surface area contributed by atoms with Crippen molar-refractivity contribution in [1.82, 2.24) is 10.2 Å². The number of piperazine rings is 1. The highest BCUT2D eigenvalue weighted by molar-refractivity contribution is 7.21. The summed E-state index contributed by atoms with van der Waals surface area (Å²) in [5.74, 6) is -0.226. The topological polar surface area (TPSA) is 41.6 Å². The molecule has 0 amide bonds. The highest BCUT2D eigenvalue weighted by Crippen LogP contribution is 2.32. The Kier molecular flexibility index (Phi) is 4.00. The molecule has 2 heterocycles. The fourth-order valence-electron chi connectivity index (χ4n) is 2.61. The van der Waals surface area contributed by atoms with Crippen molar-refractivity contribution in [2.75, 3.05) is 33.3 Å². The van der Waals surface area contributed by atoms with E-state index in [-0.39, 0.29) is 5.97 Å². The summed E-state index contributed by atoms with van der Waals surface area (Å²) in [5.41, 5.74) is 1.11. The number of esters is 1. The third-order valence-electron chi connectivity index (χ3n) is 3.66. The molecule has 0 radical (unpaired) electrons. The smallest absolute Gasteiger partial charge is 0.348 e. The number of carbonyl (C=O) groups excluding carboxylic acids is 1. The van der Waals surface area contributed by atoms with Crippen molar-refractivity contribution < 1.29 is 9.53 Å². The van der Waals surface area contributed by atoms with Gasteiger partial charge >= 0.3 is 5.97 Å². The van der Waals surface area contributed by atoms with Crippen molar-refractivity contribution in [2.24, 2.45) is 0 Å². The SMILES string of the molecule is COC(=O)c1sc2ccccc2c1CN1CCNCC1. The van der Waals surface area contributed by atoms with Gasteiger partial charge in [-0.05, 0) is 17.0 Å². The van der Waals surface area contributed by atoms with Gasteiger partial charge in [0.05, 0.1) is 7.11 Å². The van der Waals surface area contributed by atoms with E-state index in [4.69, 9.17) is 4.74 Å². The molecule has 0 unspecified atom stereocenters. The molecule has 3 rings (SSSR count). The number of hydrogen-bond donors (Lipinski definition) is 1. The molecule has 1 aliphatic heterocycles. The highest BCUT2D eigenvalue weighted by Gasteiger charge is 2.21. The van der Waals surface area contributed by atoms with Crippen molar-refractivity contribution >= 4 is 27.4 Å². The maximum absolute atomic E-state index is 12.0. The lowest BCUT2D eigenvalue weighted by molar-refractivity contribution is 0.0604. The number of methoxy groups -OCH3 is 1. The van der Waals surface area contributed by atoms with Gasteiger partial charge in [0.25, 0.3) is 0 Å². The number of thiophene rings is 1. The predicted octanol–water partition coefficient (Wildman–Crippen LogP) is 2.09.